The minimum atomic E-state index is -1.28. The van der Waals surface area contributed by atoms with E-state index in [2.05, 4.69) is 10.4 Å². The Morgan fingerprint density at radius 2 is 1.82 bits per heavy atom. The Hall–Kier alpha value is -4.60. The topological polar surface area (TPSA) is 166 Å². The third-order valence-electron chi connectivity index (χ3n) is 5.98. The molecule has 0 radical (unpaired) electrons. The molecule has 2 amide bonds. The number of nitrogens with two attached hydrogens (primary N) is 2. The highest BCUT2D eigenvalue weighted by atomic mass is 16.4. The number of carbonyl (C=O) groups is 3. The molecule has 6 N–H and O–H groups in total. The lowest BCUT2D eigenvalue weighted by molar-refractivity contribution is -0.120. The van der Waals surface area contributed by atoms with E-state index in [9.17, 15) is 19.5 Å². The van der Waals surface area contributed by atoms with Gasteiger partial charge in [0.1, 0.15) is 5.52 Å². The second-order valence-electron chi connectivity index (χ2n) is 7.89. The third-order valence-corrected chi connectivity index (χ3v) is 5.98. The zero-order valence-electron chi connectivity index (χ0n) is 17.2. The van der Waals surface area contributed by atoms with Crippen molar-refractivity contribution < 1.29 is 23.9 Å². The van der Waals surface area contributed by atoms with Gasteiger partial charge in [-0.1, -0.05) is 42.5 Å². The summed E-state index contributed by atoms with van der Waals surface area (Å²) in [5.74, 6) is -2.64. The van der Waals surface area contributed by atoms with Crippen LogP contribution in [0.15, 0.2) is 65.1 Å². The molecule has 10 heteroatoms. The fraction of sp³-hybridized carbons (Fsp3) is 0.130. The van der Waals surface area contributed by atoms with Crippen LogP contribution in [0.1, 0.15) is 38.9 Å². The lowest BCUT2D eigenvalue weighted by atomic mass is 9.94. The number of carbonyl (C=O) groups excluding carboxylic acids is 2. The molecule has 2 heterocycles. The number of furan rings is 1. The van der Waals surface area contributed by atoms with E-state index in [0.29, 0.717) is 11.9 Å². The first-order chi connectivity index (χ1) is 15.8. The SMILES string of the molecule is NC(=O)C1(c2ccccc2)CC1n1nc(NC(=O)c2ccccc2N)c2oc(C(=O)O)cc21. The maximum absolute atomic E-state index is 12.8. The van der Waals surface area contributed by atoms with Crippen LogP contribution < -0.4 is 16.8 Å². The van der Waals surface area contributed by atoms with Crippen molar-refractivity contribution in [1.82, 2.24) is 9.78 Å². The highest BCUT2D eigenvalue weighted by Crippen LogP contribution is 2.58. The van der Waals surface area contributed by atoms with Gasteiger partial charge in [-0.15, -0.1) is 5.10 Å². The standard InChI is InChI=1S/C23H19N5O5/c24-14-9-5-4-8-13(14)20(29)26-19-18-15(10-16(33-18)21(30)31)28(27-19)17-11-23(17,22(25)32)12-6-2-1-3-7-12/h1-10,17H,11,24H2,(H2,25,32)(H,30,31)(H,26,27,29). The summed E-state index contributed by atoms with van der Waals surface area (Å²) in [5, 5.41) is 16.5. The van der Waals surface area contributed by atoms with Gasteiger partial charge in [0.2, 0.25) is 11.7 Å². The number of amides is 2. The zero-order chi connectivity index (χ0) is 23.3. The molecule has 2 aromatic carbocycles. The molecule has 0 spiro atoms. The van der Waals surface area contributed by atoms with Crippen molar-refractivity contribution in [2.45, 2.75) is 17.9 Å². The van der Waals surface area contributed by atoms with E-state index >= 15 is 0 Å². The van der Waals surface area contributed by atoms with Gasteiger partial charge in [0.15, 0.2) is 11.4 Å². The van der Waals surface area contributed by atoms with Crippen LogP contribution >= 0.6 is 0 Å². The first-order valence-corrected chi connectivity index (χ1v) is 10.1. The van der Waals surface area contributed by atoms with Gasteiger partial charge < -0.3 is 26.3 Å². The van der Waals surface area contributed by atoms with Gasteiger partial charge >= 0.3 is 5.97 Å². The van der Waals surface area contributed by atoms with Crippen molar-refractivity contribution in [2.75, 3.05) is 11.1 Å². The molecule has 1 saturated carbocycles. The summed E-state index contributed by atoms with van der Waals surface area (Å²) in [5.41, 5.74) is 12.3. The molecule has 1 aliphatic carbocycles. The number of hydrogen-bond donors (Lipinski definition) is 4. The van der Waals surface area contributed by atoms with Gasteiger partial charge in [-0.2, -0.15) is 0 Å². The number of nitrogens with one attached hydrogen (secondary N) is 1. The van der Waals surface area contributed by atoms with Crippen molar-refractivity contribution in [3.63, 3.8) is 0 Å². The quantitative estimate of drug-likeness (QED) is 0.331. The Morgan fingerprint density at radius 3 is 2.48 bits per heavy atom. The average molecular weight is 445 g/mol. The van der Waals surface area contributed by atoms with E-state index in [0.717, 1.165) is 5.56 Å². The second-order valence-corrected chi connectivity index (χ2v) is 7.89. The molecule has 0 aliphatic heterocycles. The molecule has 4 aromatic rings. The van der Waals surface area contributed by atoms with Crippen LogP contribution in [0.2, 0.25) is 0 Å². The molecule has 0 saturated heterocycles. The smallest absolute Gasteiger partial charge is 0.371 e. The summed E-state index contributed by atoms with van der Waals surface area (Å²) >= 11 is 0. The number of primary amides is 1. The van der Waals surface area contributed by atoms with E-state index in [-0.39, 0.29) is 28.4 Å². The van der Waals surface area contributed by atoms with Crippen LogP contribution in [-0.2, 0) is 10.2 Å². The van der Waals surface area contributed by atoms with Crippen molar-refractivity contribution in [3.05, 3.63) is 77.6 Å². The largest absolute Gasteiger partial charge is 0.475 e. The number of fused-ring (bicyclic) bond motifs is 1. The molecule has 166 valence electrons. The number of aromatic carboxylic acids is 1. The Bertz CT molecular complexity index is 1420. The zero-order valence-corrected chi connectivity index (χ0v) is 17.2. The van der Waals surface area contributed by atoms with E-state index in [1.165, 1.54) is 10.7 Å². The van der Waals surface area contributed by atoms with Crippen LogP contribution in [0.5, 0.6) is 0 Å². The van der Waals surface area contributed by atoms with Crippen LogP contribution in [-0.4, -0.2) is 32.7 Å². The lowest BCUT2D eigenvalue weighted by Crippen LogP contribution is -2.31. The maximum Gasteiger partial charge on any atom is 0.371 e. The molecule has 10 nitrogen and oxygen atoms in total. The second kappa shape index (κ2) is 7.23. The van der Waals surface area contributed by atoms with Gasteiger partial charge in [-0.05, 0) is 24.1 Å². The van der Waals surface area contributed by atoms with Crippen molar-refractivity contribution in [1.29, 1.82) is 0 Å². The van der Waals surface area contributed by atoms with Gasteiger partial charge in [-0.3, -0.25) is 14.3 Å². The third kappa shape index (κ3) is 3.11. The molecule has 33 heavy (non-hydrogen) atoms. The highest BCUT2D eigenvalue weighted by Gasteiger charge is 2.62. The molecule has 0 bridgehead atoms. The van der Waals surface area contributed by atoms with Gasteiger partial charge in [0, 0.05) is 11.8 Å². The summed E-state index contributed by atoms with van der Waals surface area (Å²) in [6.07, 6.45) is 0.371. The summed E-state index contributed by atoms with van der Waals surface area (Å²) in [4.78, 5) is 36.8. The fourth-order valence-electron chi connectivity index (χ4n) is 4.23. The average Bonchev–Trinajstić information content (AvgIpc) is 3.25. The molecular weight excluding hydrogens is 426 g/mol. The fourth-order valence-corrected chi connectivity index (χ4v) is 4.23. The van der Waals surface area contributed by atoms with E-state index in [4.69, 9.17) is 15.9 Å². The van der Waals surface area contributed by atoms with Crippen molar-refractivity contribution in [2.24, 2.45) is 5.73 Å². The number of benzene rings is 2. The van der Waals surface area contributed by atoms with E-state index < -0.39 is 29.2 Å². The Labute approximate surface area is 186 Å². The predicted molar refractivity (Wildman–Crippen MR) is 119 cm³/mol. The first-order valence-electron chi connectivity index (χ1n) is 10.1. The highest BCUT2D eigenvalue weighted by molar-refractivity contribution is 6.10. The number of aromatic nitrogens is 2. The number of nitrogens with zero attached hydrogens (tertiary/aromatic N) is 2. The molecule has 2 aromatic heterocycles. The van der Waals surface area contributed by atoms with Crippen molar-refractivity contribution in [3.8, 4) is 0 Å². The molecular formula is C23H19N5O5. The van der Waals surface area contributed by atoms with Crippen LogP contribution in [0.4, 0.5) is 11.5 Å². The number of para-hydroxylation sites is 1. The van der Waals surface area contributed by atoms with Gasteiger partial charge in [0.05, 0.1) is 17.0 Å². The Kier molecular flexibility index (Phi) is 4.45. The Balaban J connectivity index is 1.59. The molecule has 5 rings (SSSR count). The molecule has 2 unspecified atom stereocenters. The number of hydrogen-bond acceptors (Lipinski definition) is 6. The number of anilines is 2. The summed E-state index contributed by atoms with van der Waals surface area (Å²) in [6, 6.07) is 16.4. The first kappa shape index (κ1) is 20.3. The summed E-state index contributed by atoms with van der Waals surface area (Å²) in [6.45, 7) is 0. The number of carboxylic acids is 1. The van der Waals surface area contributed by atoms with Crippen LogP contribution in [0.25, 0.3) is 11.1 Å². The summed E-state index contributed by atoms with van der Waals surface area (Å²) in [7, 11) is 0. The van der Waals surface area contributed by atoms with E-state index in [1.807, 2.05) is 30.3 Å². The number of nitrogen functional groups attached to an aromatic ring is 1. The Morgan fingerprint density at radius 1 is 1.12 bits per heavy atom. The minimum Gasteiger partial charge on any atom is -0.475 e. The molecule has 1 fully saturated rings. The van der Waals surface area contributed by atoms with E-state index in [1.54, 1.807) is 24.3 Å². The summed E-state index contributed by atoms with van der Waals surface area (Å²) < 4.78 is 6.97. The van der Waals surface area contributed by atoms with Gasteiger partial charge in [0.25, 0.3) is 5.91 Å². The van der Waals surface area contributed by atoms with Crippen molar-refractivity contribution >= 4 is 40.4 Å². The van der Waals surface area contributed by atoms with Crippen LogP contribution in [0, 0.1) is 0 Å². The molecule has 2 atom stereocenters. The minimum absolute atomic E-state index is 0.0177. The monoisotopic (exact) mass is 445 g/mol. The normalized spacial score (nSPS) is 19.3. The maximum atomic E-state index is 12.8. The predicted octanol–water partition coefficient (Wildman–Crippen LogP) is 2.53. The van der Waals surface area contributed by atoms with Gasteiger partial charge in [-0.25, -0.2) is 4.79 Å². The lowest BCUT2D eigenvalue weighted by Gasteiger charge is -2.14. The number of carboxylic acid groups (broad SMARTS) is 1. The van der Waals surface area contributed by atoms with Crippen LogP contribution in [0.3, 0.4) is 0 Å². The molecule has 1 aliphatic rings. The number of rotatable bonds is 6.